The minimum atomic E-state index is -0.175. The number of aryl methyl sites for hydroxylation is 1. The first-order chi connectivity index (χ1) is 15.0. The molecule has 0 atom stereocenters. The molecule has 1 aliphatic rings. The molecule has 3 aromatic carbocycles. The fourth-order valence-electron chi connectivity index (χ4n) is 3.48. The Kier molecular flexibility index (Phi) is 5.26. The second-order valence-electron chi connectivity index (χ2n) is 7.23. The van der Waals surface area contributed by atoms with E-state index < -0.39 is 0 Å². The Morgan fingerprint density at radius 2 is 1.71 bits per heavy atom. The molecule has 152 valence electrons. The number of halogens is 2. The van der Waals surface area contributed by atoms with Crippen molar-refractivity contribution >= 4 is 72.5 Å². The van der Waals surface area contributed by atoms with E-state index in [2.05, 4.69) is 15.9 Å². The van der Waals surface area contributed by atoms with Crippen molar-refractivity contribution in [3.8, 4) is 0 Å². The standard InChI is InChI=1S/C25H16BrClN2OS/c1-15-6-8-16(9-7-15)14-20-25(30)29(18-12-10-17(26)11-13-18)24(28-20)23-22(27)19-4-2-3-5-21(19)31-23/h2-14H,1H3/b20-14+. The van der Waals surface area contributed by atoms with E-state index in [1.165, 1.54) is 0 Å². The molecule has 1 amide bonds. The van der Waals surface area contributed by atoms with E-state index in [9.17, 15) is 4.79 Å². The lowest BCUT2D eigenvalue weighted by molar-refractivity contribution is -0.113. The third kappa shape index (κ3) is 3.74. The third-order valence-electron chi connectivity index (χ3n) is 5.06. The fourth-order valence-corrected chi connectivity index (χ4v) is 5.24. The average molecular weight is 508 g/mol. The minimum absolute atomic E-state index is 0.175. The summed E-state index contributed by atoms with van der Waals surface area (Å²) in [6.45, 7) is 2.03. The molecule has 31 heavy (non-hydrogen) atoms. The van der Waals surface area contributed by atoms with Crippen LogP contribution in [-0.2, 0) is 4.79 Å². The Morgan fingerprint density at radius 1 is 1.00 bits per heavy atom. The smallest absolute Gasteiger partial charge is 0.266 e. The maximum Gasteiger partial charge on any atom is 0.282 e. The van der Waals surface area contributed by atoms with E-state index in [0.717, 1.165) is 36.3 Å². The van der Waals surface area contributed by atoms with Gasteiger partial charge in [-0.25, -0.2) is 4.99 Å². The lowest BCUT2D eigenvalue weighted by Gasteiger charge is -2.18. The number of fused-ring (bicyclic) bond motifs is 1. The number of amidine groups is 1. The number of amides is 1. The maximum absolute atomic E-state index is 13.5. The van der Waals surface area contributed by atoms with Gasteiger partial charge in [0, 0.05) is 14.6 Å². The van der Waals surface area contributed by atoms with Gasteiger partial charge in [-0.1, -0.05) is 75.6 Å². The van der Waals surface area contributed by atoms with E-state index in [0.29, 0.717) is 16.6 Å². The van der Waals surface area contributed by atoms with Crippen molar-refractivity contribution in [2.45, 2.75) is 6.92 Å². The topological polar surface area (TPSA) is 32.7 Å². The van der Waals surface area contributed by atoms with Crippen molar-refractivity contribution in [2.75, 3.05) is 4.90 Å². The monoisotopic (exact) mass is 506 g/mol. The zero-order valence-corrected chi connectivity index (χ0v) is 19.6. The van der Waals surface area contributed by atoms with Gasteiger partial charge in [0.2, 0.25) is 0 Å². The van der Waals surface area contributed by atoms with E-state index in [-0.39, 0.29) is 5.91 Å². The third-order valence-corrected chi connectivity index (χ3v) is 7.26. The molecular formula is C25H16BrClN2OS. The van der Waals surface area contributed by atoms with Crippen molar-refractivity contribution in [1.82, 2.24) is 0 Å². The summed E-state index contributed by atoms with van der Waals surface area (Å²) in [6, 6.07) is 23.6. The molecule has 0 aliphatic carbocycles. The molecule has 0 N–H and O–H groups in total. The number of aliphatic imine (C=N–C) groups is 1. The highest BCUT2D eigenvalue weighted by molar-refractivity contribution is 9.10. The summed E-state index contributed by atoms with van der Waals surface area (Å²) >= 11 is 11.8. The summed E-state index contributed by atoms with van der Waals surface area (Å²) < 4.78 is 2.00. The van der Waals surface area contributed by atoms with Gasteiger partial charge in [-0.3, -0.25) is 9.69 Å². The van der Waals surface area contributed by atoms with Crippen LogP contribution in [0.2, 0.25) is 5.02 Å². The maximum atomic E-state index is 13.5. The van der Waals surface area contributed by atoms with Gasteiger partial charge in [0.25, 0.3) is 5.91 Å². The highest BCUT2D eigenvalue weighted by Crippen LogP contribution is 2.39. The van der Waals surface area contributed by atoms with Crippen molar-refractivity contribution < 1.29 is 4.79 Å². The van der Waals surface area contributed by atoms with E-state index >= 15 is 0 Å². The van der Waals surface area contributed by atoms with Gasteiger partial charge >= 0.3 is 0 Å². The molecule has 0 saturated heterocycles. The molecular weight excluding hydrogens is 492 g/mol. The van der Waals surface area contributed by atoms with Crippen LogP contribution in [0.25, 0.3) is 16.2 Å². The predicted molar refractivity (Wildman–Crippen MR) is 134 cm³/mol. The van der Waals surface area contributed by atoms with E-state index in [4.69, 9.17) is 16.6 Å². The van der Waals surface area contributed by atoms with Crippen LogP contribution in [0.15, 0.2) is 88.0 Å². The zero-order valence-electron chi connectivity index (χ0n) is 16.5. The van der Waals surface area contributed by atoms with Crippen LogP contribution >= 0.6 is 38.9 Å². The molecule has 2 heterocycles. The van der Waals surface area contributed by atoms with Gasteiger partial charge < -0.3 is 0 Å². The number of carbonyl (C=O) groups excluding carboxylic acids is 1. The number of benzene rings is 3. The summed E-state index contributed by atoms with van der Waals surface area (Å²) in [5, 5.41) is 1.58. The fraction of sp³-hybridized carbons (Fsp3) is 0.0400. The Hall–Kier alpha value is -2.73. The molecule has 3 nitrogen and oxygen atoms in total. The first-order valence-corrected chi connectivity index (χ1v) is 11.6. The largest absolute Gasteiger partial charge is 0.282 e. The Labute approximate surface area is 197 Å². The molecule has 0 radical (unpaired) electrons. The number of rotatable bonds is 3. The molecule has 1 aromatic heterocycles. The van der Waals surface area contributed by atoms with E-state index in [1.54, 1.807) is 16.2 Å². The van der Waals surface area contributed by atoms with Crippen LogP contribution in [0.3, 0.4) is 0 Å². The van der Waals surface area contributed by atoms with E-state index in [1.807, 2.05) is 85.8 Å². The van der Waals surface area contributed by atoms with Crippen LogP contribution in [0.1, 0.15) is 16.0 Å². The van der Waals surface area contributed by atoms with Gasteiger partial charge in [0.05, 0.1) is 15.6 Å². The second kappa shape index (κ2) is 8.08. The highest BCUT2D eigenvalue weighted by atomic mass is 79.9. The second-order valence-corrected chi connectivity index (χ2v) is 9.58. The number of carbonyl (C=O) groups is 1. The molecule has 1 aliphatic heterocycles. The summed E-state index contributed by atoms with van der Waals surface area (Å²) in [6.07, 6.45) is 1.82. The van der Waals surface area contributed by atoms with Gasteiger partial charge in [-0.2, -0.15) is 0 Å². The van der Waals surface area contributed by atoms with Crippen LogP contribution in [0.4, 0.5) is 5.69 Å². The van der Waals surface area contributed by atoms with Crippen molar-refractivity contribution in [3.05, 3.63) is 104 Å². The van der Waals surface area contributed by atoms with Crippen molar-refractivity contribution in [1.29, 1.82) is 0 Å². The van der Waals surface area contributed by atoms with Gasteiger partial charge in [-0.05, 0) is 48.9 Å². The summed E-state index contributed by atoms with van der Waals surface area (Å²) in [5.74, 6) is 0.378. The van der Waals surface area contributed by atoms with Gasteiger partial charge in [0.15, 0.2) is 5.84 Å². The molecule has 0 spiro atoms. The Bertz CT molecular complexity index is 1370. The molecule has 4 aromatic rings. The number of nitrogens with zero attached hydrogens (tertiary/aromatic N) is 2. The quantitative estimate of drug-likeness (QED) is 0.265. The molecule has 5 rings (SSSR count). The summed E-state index contributed by atoms with van der Waals surface area (Å²) in [4.78, 5) is 20.7. The van der Waals surface area contributed by atoms with Crippen molar-refractivity contribution in [2.24, 2.45) is 4.99 Å². The molecule has 0 unspecified atom stereocenters. The minimum Gasteiger partial charge on any atom is -0.266 e. The van der Waals surface area contributed by atoms with Gasteiger partial charge in [-0.15, -0.1) is 11.3 Å². The number of hydrogen-bond acceptors (Lipinski definition) is 3. The molecule has 0 saturated carbocycles. The molecule has 6 heteroatoms. The SMILES string of the molecule is Cc1ccc(/C=C2/N=C(c3sc4ccccc4c3Cl)N(c3ccc(Br)cc3)C2=O)cc1. The van der Waals surface area contributed by atoms with Crippen molar-refractivity contribution in [3.63, 3.8) is 0 Å². The number of thiophene rings is 1. The predicted octanol–water partition coefficient (Wildman–Crippen LogP) is 7.46. The summed E-state index contributed by atoms with van der Waals surface area (Å²) in [5.41, 5.74) is 3.22. The normalized spacial score (nSPS) is 15.2. The molecule has 0 fully saturated rings. The average Bonchev–Trinajstić information content (AvgIpc) is 3.28. The first kappa shape index (κ1) is 20.2. The van der Waals surface area contributed by atoms with Crippen LogP contribution in [0, 0.1) is 6.92 Å². The van der Waals surface area contributed by atoms with Crippen LogP contribution < -0.4 is 4.90 Å². The first-order valence-electron chi connectivity index (χ1n) is 9.66. The lowest BCUT2D eigenvalue weighted by atomic mass is 10.1. The number of anilines is 1. The Balaban J connectivity index is 1.68. The summed E-state index contributed by atoms with van der Waals surface area (Å²) in [7, 11) is 0. The van der Waals surface area contributed by atoms with Crippen LogP contribution in [0.5, 0.6) is 0 Å². The van der Waals surface area contributed by atoms with Gasteiger partial charge in [0.1, 0.15) is 5.70 Å². The zero-order chi connectivity index (χ0) is 21.5. The number of hydrogen-bond donors (Lipinski definition) is 0. The molecule has 0 bridgehead atoms. The van der Waals surface area contributed by atoms with Crippen LogP contribution in [-0.4, -0.2) is 11.7 Å². The highest BCUT2D eigenvalue weighted by Gasteiger charge is 2.34. The Morgan fingerprint density at radius 3 is 2.42 bits per heavy atom. The lowest BCUT2D eigenvalue weighted by Crippen LogP contribution is -2.32.